The SMILES string of the molecule is COC(=O)c1c(-c2ccc(OC)cc2)csc1NC(=O)c1cccc(Oc2ccccn2)c1. The Bertz CT molecular complexity index is 1270. The van der Waals surface area contributed by atoms with E-state index in [-0.39, 0.29) is 5.91 Å². The minimum atomic E-state index is -0.537. The molecule has 0 aliphatic carbocycles. The number of benzene rings is 2. The predicted octanol–water partition coefficient (Wildman–Crippen LogP) is 5.65. The van der Waals surface area contributed by atoms with Crippen molar-refractivity contribution in [2.75, 3.05) is 19.5 Å². The number of ether oxygens (including phenoxy) is 3. The van der Waals surface area contributed by atoms with Crippen LogP contribution in [0.5, 0.6) is 17.4 Å². The van der Waals surface area contributed by atoms with Crippen LogP contribution < -0.4 is 14.8 Å². The van der Waals surface area contributed by atoms with E-state index >= 15 is 0 Å². The number of anilines is 1. The Kier molecular flexibility index (Phi) is 6.66. The van der Waals surface area contributed by atoms with Crippen molar-refractivity contribution in [2.45, 2.75) is 0 Å². The van der Waals surface area contributed by atoms with Crippen molar-refractivity contribution >= 4 is 28.2 Å². The summed E-state index contributed by atoms with van der Waals surface area (Å²) in [6.45, 7) is 0. The fourth-order valence-electron chi connectivity index (χ4n) is 3.14. The van der Waals surface area contributed by atoms with E-state index in [0.717, 1.165) is 5.56 Å². The summed E-state index contributed by atoms with van der Waals surface area (Å²) in [4.78, 5) is 29.7. The molecule has 166 valence electrons. The zero-order valence-corrected chi connectivity index (χ0v) is 18.7. The lowest BCUT2D eigenvalue weighted by atomic mass is 10.0. The second kappa shape index (κ2) is 9.97. The number of carbonyl (C=O) groups excluding carboxylic acids is 2. The van der Waals surface area contributed by atoms with Gasteiger partial charge in [0.05, 0.1) is 14.2 Å². The molecule has 0 saturated heterocycles. The maximum Gasteiger partial charge on any atom is 0.341 e. The van der Waals surface area contributed by atoms with Crippen LogP contribution in [0.2, 0.25) is 0 Å². The van der Waals surface area contributed by atoms with Gasteiger partial charge in [0.25, 0.3) is 5.91 Å². The first kappa shape index (κ1) is 22.0. The lowest BCUT2D eigenvalue weighted by Gasteiger charge is -2.09. The van der Waals surface area contributed by atoms with Crippen LogP contribution in [0.3, 0.4) is 0 Å². The molecule has 0 radical (unpaired) electrons. The minimum Gasteiger partial charge on any atom is -0.497 e. The van der Waals surface area contributed by atoms with Gasteiger partial charge in [0, 0.05) is 28.8 Å². The number of nitrogens with one attached hydrogen (secondary N) is 1. The quantitative estimate of drug-likeness (QED) is 0.359. The molecular formula is C25H20N2O5S. The first-order valence-electron chi connectivity index (χ1n) is 9.93. The Morgan fingerprint density at radius 2 is 1.76 bits per heavy atom. The second-order valence-corrected chi connectivity index (χ2v) is 7.71. The van der Waals surface area contributed by atoms with Gasteiger partial charge in [0.1, 0.15) is 22.1 Å². The van der Waals surface area contributed by atoms with E-state index in [2.05, 4.69) is 10.3 Å². The van der Waals surface area contributed by atoms with Gasteiger partial charge in [-0.1, -0.05) is 24.3 Å². The second-order valence-electron chi connectivity index (χ2n) is 6.83. The van der Waals surface area contributed by atoms with E-state index < -0.39 is 5.97 Å². The van der Waals surface area contributed by atoms with Gasteiger partial charge in [-0.25, -0.2) is 9.78 Å². The number of thiophene rings is 1. The van der Waals surface area contributed by atoms with Crippen LogP contribution in [0.15, 0.2) is 78.3 Å². The summed E-state index contributed by atoms with van der Waals surface area (Å²) in [7, 11) is 2.89. The highest BCUT2D eigenvalue weighted by Crippen LogP contribution is 2.37. The third-order valence-corrected chi connectivity index (χ3v) is 5.66. The van der Waals surface area contributed by atoms with Gasteiger partial charge in [-0.3, -0.25) is 4.79 Å². The van der Waals surface area contributed by atoms with Crippen molar-refractivity contribution in [3.05, 3.63) is 89.4 Å². The van der Waals surface area contributed by atoms with Gasteiger partial charge in [-0.05, 0) is 42.0 Å². The molecule has 1 N–H and O–H groups in total. The Balaban J connectivity index is 1.59. The molecule has 4 rings (SSSR count). The molecule has 8 heteroatoms. The van der Waals surface area contributed by atoms with Crippen LogP contribution in [0.1, 0.15) is 20.7 Å². The third-order valence-electron chi connectivity index (χ3n) is 4.77. The number of aromatic nitrogens is 1. The number of esters is 1. The summed E-state index contributed by atoms with van der Waals surface area (Å²) in [5.74, 6) is 0.680. The number of nitrogens with zero attached hydrogens (tertiary/aromatic N) is 1. The van der Waals surface area contributed by atoms with Crippen LogP contribution in [-0.4, -0.2) is 31.1 Å². The van der Waals surface area contributed by atoms with Crippen molar-refractivity contribution in [3.63, 3.8) is 0 Å². The van der Waals surface area contributed by atoms with Crippen molar-refractivity contribution < 1.29 is 23.8 Å². The molecule has 2 heterocycles. The molecule has 2 aromatic heterocycles. The lowest BCUT2D eigenvalue weighted by molar-refractivity contribution is 0.0603. The molecule has 0 aliphatic heterocycles. The lowest BCUT2D eigenvalue weighted by Crippen LogP contribution is -2.14. The van der Waals surface area contributed by atoms with E-state index in [0.29, 0.717) is 39.1 Å². The largest absolute Gasteiger partial charge is 0.497 e. The Morgan fingerprint density at radius 1 is 0.939 bits per heavy atom. The highest BCUT2D eigenvalue weighted by Gasteiger charge is 2.23. The van der Waals surface area contributed by atoms with E-state index in [1.54, 1.807) is 61.8 Å². The number of rotatable bonds is 7. The molecule has 4 aromatic rings. The number of pyridine rings is 1. The molecule has 0 spiro atoms. The van der Waals surface area contributed by atoms with Crippen LogP contribution in [0.25, 0.3) is 11.1 Å². The fraction of sp³-hybridized carbons (Fsp3) is 0.0800. The molecule has 0 fully saturated rings. The summed E-state index contributed by atoms with van der Waals surface area (Å²) in [5.41, 5.74) is 2.14. The number of amides is 1. The molecule has 1 amide bonds. The molecule has 0 unspecified atom stereocenters. The van der Waals surface area contributed by atoms with Gasteiger partial charge in [-0.15, -0.1) is 11.3 Å². The van der Waals surface area contributed by atoms with Gasteiger partial charge in [0.2, 0.25) is 5.88 Å². The Hall–Kier alpha value is -4.17. The van der Waals surface area contributed by atoms with Gasteiger partial charge in [-0.2, -0.15) is 0 Å². The molecule has 2 aromatic carbocycles. The van der Waals surface area contributed by atoms with Crippen molar-refractivity contribution in [3.8, 4) is 28.5 Å². The molecule has 0 atom stereocenters. The molecular weight excluding hydrogens is 440 g/mol. The molecule has 0 aliphatic rings. The van der Waals surface area contributed by atoms with E-state index in [1.165, 1.54) is 18.4 Å². The predicted molar refractivity (Wildman–Crippen MR) is 126 cm³/mol. The highest BCUT2D eigenvalue weighted by molar-refractivity contribution is 7.15. The molecule has 33 heavy (non-hydrogen) atoms. The molecule has 0 bridgehead atoms. The number of hydrogen-bond donors (Lipinski definition) is 1. The maximum atomic E-state index is 13.0. The van der Waals surface area contributed by atoms with Crippen molar-refractivity contribution in [2.24, 2.45) is 0 Å². The minimum absolute atomic E-state index is 0.293. The summed E-state index contributed by atoms with van der Waals surface area (Å²) in [6.07, 6.45) is 1.62. The number of carbonyl (C=O) groups is 2. The van der Waals surface area contributed by atoms with Crippen LogP contribution in [0, 0.1) is 0 Å². The zero-order valence-electron chi connectivity index (χ0n) is 17.9. The summed E-state index contributed by atoms with van der Waals surface area (Å²) in [6, 6.07) is 19.3. The van der Waals surface area contributed by atoms with Crippen molar-refractivity contribution in [1.82, 2.24) is 4.98 Å². The Morgan fingerprint density at radius 3 is 2.45 bits per heavy atom. The smallest absolute Gasteiger partial charge is 0.341 e. The average Bonchev–Trinajstić information content (AvgIpc) is 3.27. The van der Waals surface area contributed by atoms with E-state index in [4.69, 9.17) is 14.2 Å². The van der Waals surface area contributed by atoms with E-state index in [9.17, 15) is 9.59 Å². The number of hydrogen-bond acceptors (Lipinski definition) is 7. The van der Waals surface area contributed by atoms with Crippen molar-refractivity contribution in [1.29, 1.82) is 0 Å². The van der Waals surface area contributed by atoms with Crippen LogP contribution in [0.4, 0.5) is 5.00 Å². The summed E-state index contributed by atoms with van der Waals surface area (Å²) >= 11 is 1.25. The maximum absolute atomic E-state index is 13.0. The fourth-order valence-corrected chi connectivity index (χ4v) is 4.09. The van der Waals surface area contributed by atoms with Crippen LogP contribution in [-0.2, 0) is 4.74 Å². The van der Waals surface area contributed by atoms with Gasteiger partial charge < -0.3 is 19.5 Å². The topological polar surface area (TPSA) is 86.8 Å². The molecule has 7 nitrogen and oxygen atoms in total. The zero-order chi connectivity index (χ0) is 23.2. The number of methoxy groups -OCH3 is 2. The third kappa shape index (κ3) is 5.02. The first-order chi connectivity index (χ1) is 16.1. The van der Waals surface area contributed by atoms with Gasteiger partial charge >= 0.3 is 5.97 Å². The summed E-state index contributed by atoms with van der Waals surface area (Å²) in [5, 5.41) is 5.04. The monoisotopic (exact) mass is 460 g/mol. The Labute approximate surface area is 194 Å². The molecule has 0 saturated carbocycles. The first-order valence-corrected chi connectivity index (χ1v) is 10.8. The normalized spacial score (nSPS) is 10.4. The van der Waals surface area contributed by atoms with Gasteiger partial charge in [0.15, 0.2) is 0 Å². The van der Waals surface area contributed by atoms with Crippen LogP contribution >= 0.6 is 11.3 Å². The van der Waals surface area contributed by atoms with E-state index in [1.807, 2.05) is 23.6 Å². The average molecular weight is 461 g/mol. The standard InChI is InChI=1S/C25H20N2O5S/c1-30-18-11-9-16(10-12-18)20-15-33-24(22(20)25(29)31-2)27-23(28)17-6-5-7-19(14-17)32-21-8-3-4-13-26-21/h3-15H,1-2H3,(H,27,28). The highest BCUT2D eigenvalue weighted by atomic mass is 32.1. The summed E-state index contributed by atoms with van der Waals surface area (Å²) < 4.78 is 15.9.